The number of aliphatic imine (C=N–C) groups is 2. The zero-order chi connectivity index (χ0) is 42.7. The smallest absolute Gasteiger partial charge is 0.324 e. The van der Waals surface area contributed by atoms with E-state index in [0.29, 0.717) is 56.2 Å². The molecule has 2 amide bonds. The van der Waals surface area contributed by atoms with Crippen LogP contribution in [-0.4, -0.2) is 101 Å². The van der Waals surface area contributed by atoms with Crippen LogP contribution in [0.5, 0.6) is 0 Å². The van der Waals surface area contributed by atoms with Crippen molar-refractivity contribution in [1.82, 2.24) is 25.3 Å². The van der Waals surface area contributed by atoms with Gasteiger partial charge in [-0.2, -0.15) is 0 Å². The number of cyclic esters (lactones) is 1. The highest BCUT2D eigenvalue weighted by atomic mass is 32.2. The quantitative estimate of drug-likeness (QED) is 0.124. The van der Waals surface area contributed by atoms with E-state index in [1.165, 1.54) is 5.01 Å². The number of nitrogens with one attached hydrogen (secondary N) is 2. The van der Waals surface area contributed by atoms with E-state index in [4.69, 9.17) is 24.2 Å². The second kappa shape index (κ2) is 18.6. The number of esters is 1. The summed E-state index contributed by atoms with van der Waals surface area (Å²) in [5, 5.41) is 6.28. The van der Waals surface area contributed by atoms with Crippen LogP contribution in [-0.2, 0) is 41.6 Å². The number of aryl methyl sites for hydroxylation is 1. The second-order valence-electron chi connectivity index (χ2n) is 16.7. The van der Waals surface area contributed by atoms with Crippen molar-refractivity contribution in [1.29, 1.82) is 0 Å². The number of carbonyl (C=O) groups is 3. The molecule has 5 heterocycles. The third kappa shape index (κ3) is 8.88. The van der Waals surface area contributed by atoms with Gasteiger partial charge in [-0.3, -0.25) is 34.4 Å². The maximum Gasteiger partial charge on any atom is 0.324 e. The molecular weight excluding hydrogens is 779 g/mol. The first-order valence-corrected chi connectivity index (χ1v) is 22.2. The van der Waals surface area contributed by atoms with Gasteiger partial charge < -0.3 is 24.1 Å². The highest BCUT2D eigenvalue weighted by Crippen LogP contribution is 2.47. The Labute approximate surface area is 357 Å². The number of fused-ring (bicyclic) bond motifs is 5. The number of rotatable bonds is 11. The maximum atomic E-state index is 14.7. The highest BCUT2D eigenvalue weighted by Gasteiger charge is 2.48. The minimum Gasteiger partial charge on any atom is -0.464 e. The SMILES string of the molecule is C=C/C(=C(\N=C/C)[C@H](C)OC)c1c2c3cc(ccc3n1CC)C1CSC(=N1)[C@@H](OCC)[C@H](NC(=O)[C@H]1C[C@H]1c1ccccn1)C(=O)N1CCC[C@H](N1)C(=O)OCC(C)(C)C2. The van der Waals surface area contributed by atoms with E-state index in [1.54, 1.807) is 31.3 Å². The van der Waals surface area contributed by atoms with E-state index in [1.807, 2.05) is 45.0 Å². The van der Waals surface area contributed by atoms with Crippen molar-refractivity contribution in [2.24, 2.45) is 21.3 Å². The summed E-state index contributed by atoms with van der Waals surface area (Å²) >= 11 is 1.55. The number of pyridine rings is 1. The summed E-state index contributed by atoms with van der Waals surface area (Å²) in [5.74, 6) is -0.771. The molecule has 1 unspecified atom stereocenters. The number of allylic oxidation sites excluding steroid dienone is 2. The topological polar surface area (TPSA) is 149 Å². The van der Waals surface area contributed by atoms with E-state index < -0.39 is 29.6 Å². The molecule has 3 aromatic rings. The Hall–Kier alpha value is -4.63. The monoisotopic (exact) mass is 837 g/mol. The third-order valence-electron chi connectivity index (χ3n) is 12.0. The lowest BCUT2D eigenvalue weighted by molar-refractivity contribution is -0.156. The Balaban J connectivity index is 1.35. The van der Waals surface area contributed by atoms with Crippen LogP contribution in [0.4, 0.5) is 0 Å². The summed E-state index contributed by atoms with van der Waals surface area (Å²) < 4.78 is 20.6. The van der Waals surface area contributed by atoms with Gasteiger partial charge in [0.25, 0.3) is 5.91 Å². The number of hydrogen-bond acceptors (Lipinski definition) is 11. The van der Waals surface area contributed by atoms with Crippen molar-refractivity contribution in [3.05, 3.63) is 83.5 Å². The lowest BCUT2D eigenvalue weighted by Gasteiger charge is -2.37. The fourth-order valence-corrected chi connectivity index (χ4v) is 9.92. The lowest BCUT2D eigenvalue weighted by Crippen LogP contribution is -2.63. The van der Waals surface area contributed by atoms with Crippen molar-refractivity contribution in [3.8, 4) is 0 Å². The average molecular weight is 838 g/mol. The number of methoxy groups -OCH3 is 1. The summed E-state index contributed by atoms with van der Waals surface area (Å²) in [6.45, 7) is 17.9. The molecule has 2 aromatic heterocycles. The van der Waals surface area contributed by atoms with Crippen molar-refractivity contribution in [2.45, 2.75) is 110 Å². The maximum absolute atomic E-state index is 14.7. The van der Waals surface area contributed by atoms with Crippen LogP contribution in [0.1, 0.15) is 95.3 Å². The predicted octanol–water partition coefficient (Wildman–Crippen LogP) is 6.58. The molecule has 4 aliphatic rings. The van der Waals surface area contributed by atoms with Gasteiger partial charge in [0.15, 0.2) is 0 Å². The van der Waals surface area contributed by atoms with Crippen LogP contribution in [0.15, 0.2) is 70.9 Å². The zero-order valence-electron chi connectivity index (χ0n) is 35.9. The second-order valence-corrected chi connectivity index (χ2v) is 17.8. The van der Waals surface area contributed by atoms with E-state index >= 15 is 0 Å². The molecule has 6 bridgehead atoms. The third-order valence-corrected chi connectivity index (χ3v) is 13.1. The van der Waals surface area contributed by atoms with E-state index in [9.17, 15) is 14.4 Å². The standard InChI is InChI=1S/C46H59N7O6S/c1-9-29(38(47-10-2)27(5)57-8)40-33-24-46(6,7)26-59-45(56)35-17-15-21-53(51-35)44(55)39(50-42(54)32-23-30(32)34-16-13-14-20-48-34)41(58-12-4)43-49-36(25-60-43)28-18-19-37(31(33)22-28)52(40)11-3/h9-10,13-14,16,18-20,22,27,30,32,35-36,39,41,51H,1,11-12,15,17,21,23-26H2,2-8H3,(H,50,54)/b38-29+,47-10-/t27-,30+,32-,35-,36?,39-,41-/m0/s1. The predicted molar refractivity (Wildman–Crippen MR) is 237 cm³/mol. The van der Waals surface area contributed by atoms with Crippen molar-refractivity contribution in [2.75, 3.05) is 32.6 Å². The number of hydrazine groups is 1. The Kier molecular flexibility index (Phi) is 13.4. The van der Waals surface area contributed by atoms with Crippen LogP contribution in [0.25, 0.3) is 16.5 Å². The largest absolute Gasteiger partial charge is 0.464 e. The van der Waals surface area contributed by atoms with Crippen LogP contribution in [0, 0.1) is 11.3 Å². The van der Waals surface area contributed by atoms with Gasteiger partial charge in [0, 0.05) is 84.4 Å². The van der Waals surface area contributed by atoms with Gasteiger partial charge in [0.1, 0.15) is 23.2 Å². The van der Waals surface area contributed by atoms with Crippen LogP contribution >= 0.6 is 11.8 Å². The molecule has 14 heteroatoms. The molecule has 1 aliphatic carbocycles. The van der Waals surface area contributed by atoms with E-state index in [0.717, 1.165) is 44.7 Å². The summed E-state index contributed by atoms with van der Waals surface area (Å²) in [4.78, 5) is 57.1. The number of benzene rings is 1. The van der Waals surface area contributed by atoms with Gasteiger partial charge >= 0.3 is 5.97 Å². The zero-order valence-corrected chi connectivity index (χ0v) is 36.7. The van der Waals surface area contributed by atoms with E-state index in [2.05, 4.69) is 65.8 Å². The van der Waals surface area contributed by atoms with Crippen molar-refractivity contribution < 1.29 is 28.6 Å². The first-order valence-electron chi connectivity index (χ1n) is 21.2. The molecule has 1 aromatic carbocycles. The van der Waals surface area contributed by atoms with Crippen LogP contribution in [0.3, 0.4) is 0 Å². The van der Waals surface area contributed by atoms with Gasteiger partial charge in [-0.15, -0.1) is 11.8 Å². The number of hydrogen-bond donors (Lipinski definition) is 2. The lowest BCUT2D eigenvalue weighted by atomic mass is 9.84. The van der Waals surface area contributed by atoms with Crippen LogP contribution in [0.2, 0.25) is 0 Å². The molecule has 7 rings (SSSR count). The number of thioether (sulfide) groups is 1. The Morgan fingerprint density at radius 3 is 2.75 bits per heavy atom. The summed E-state index contributed by atoms with van der Waals surface area (Å²) in [5.41, 5.74) is 9.37. The van der Waals surface area contributed by atoms with Gasteiger partial charge in [-0.25, -0.2) is 5.43 Å². The van der Waals surface area contributed by atoms with Crippen molar-refractivity contribution in [3.63, 3.8) is 0 Å². The molecule has 0 radical (unpaired) electrons. The number of carbonyl (C=O) groups excluding carboxylic acids is 3. The number of nitrogens with zero attached hydrogens (tertiary/aromatic N) is 5. The summed E-state index contributed by atoms with van der Waals surface area (Å²) in [6.07, 6.45) is 6.51. The fraction of sp³-hybridized carbons (Fsp3) is 0.522. The molecule has 1 saturated heterocycles. The molecule has 13 nitrogen and oxygen atoms in total. The number of amides is 2. The summed E-state index contributed by atoms with van der Waals surface area (Å²) in [7, 11) is 1.68. The van der Waals surface area contributed by atoms with Crippen LogP contribution < -0.4 is 10.7 Å². The fourth-order valence-electron chi connectivity index (χ4n) is 8.75. The molecule has 320 valence electrons. The minimum absolute atomic E-state index is 0.0274. The molecule has 2 fully saturated rings. The normalized spacial score (nSPS) is 26.6. The Morgan fingerprint density at radius 2 is 2.05 bits per heavy atom. The molecule has 2 N–H and O–H groups in total. The van der Waals surface area contributed by atoms with E-state index in [-0.39, 0.29) is 42.4 Å². The van der Waals surface area contributed by atoms with Gasteiger partial charge in [-0.1, -0.05) is 38.6 Å². The molecule has 60 heavy (non-hydrogen) atoms. The highest BCUT2D eigenvalue weighted by molar-refractivity contribution is 8.14. The summed E-state index contributed by atoms with van der Waals surface area (Å²) in [6, 6.07) is 10.2. The van der Waals surface area contributed by atoms with Crippen molar-refractivity contribution >= 4 is 57.3 Å². The molecule has 1 saturated carbocycles. The number of aromatic nitrogens is 2. The average Bonchev–Trinajstić information content (AvgIpc) is 3.83. The first kappa shape index (κ1) is 43.5. The van der Waals surface area contributed by atoms with Gasteiger partial charge in [0.2, 0.25) is 5.91 Å². The Bertz CT molecular complexity index is 2200. The molecule has 0 spiro atoms. The first-order chi connectivity index (χ1) is 28.9. The molecule has 7 atom stereocenters. The van der Waals surface area contributed by atoms with Gasteiger partial charge in [0.05, 0.1) is 30.1 Å². The minimum atomic E-state index is -1.10. The molecule has 3 aliphatic heterocycles. The van der Waals surface area contributed by atoms with Gasteiger partial charge in [-0.05, 0) is 88.8 Å². The Morgan fingerprint density at radius 1 is 1.23 bits per heavy atom. The number of ether oxygens (including phenoxy) is 3. The molecular formula is C46H59N7O6S.